The molecule has 1 atom stereocenters. The van der Waals surface area contributed by atoms with Crippen molar-refractivity contribution in [2.24, 2.45) is 5.92 Å². The van der Waals surface area contributed by atoms with Crippen LogP contribution in [0, 0.1) is 5.92 Å². The van der Waals surface area contributed by atoms with Crippen LogP contribution < -0.4 is 11.1 Å². The average molecular weight is 266 g/mol. The van der Waals surface area contributed by atoms with Crippen LogP contribution >= 0.6 is 0 Å². The highest BCUT2D eigenvalue weighted by Gasteiger charge is 2.14. The maximum Gasteiger partial charge on any atom is 0.255 e. The summed E-state index contributed by atoms with van der Waals surface area (Å²) in [5.41, 5.74) is 5.91. The van der Waals surface area contributed by atoms with Crippen molar-refractivity contribution in [2.45, 2.75) is 26.2 Å². The Balaban J connectivity index is 2.61. The quantitative estimate of drug-likeness (QED) is 0.444. The molecule has 0 aliphatic heterocycles. The molecule has 1 rings (SSSR count). The van der Waals surface area contributed by atoms with Crippen molar-refractivity contribution in [2.75, 3.05) is 18.9 Å². The minimum Gasteiger partial charge on any atom is -0.505 e. The van der Waals surface area contributed by atoms with Gasteiger partial charge in [0.05, 0.1) is 11.3 Å². The van der Waals surface area contributed by atoms with E-state index in [2.05, 4.69) is 12.2 Å². The van der Waals surface area contributed by atoms with Gasteiger partial charge >= 0.3 is 0 Å². The number of nitrogens with one attached hydrogen (secondary N) is 1. The van der Waals surface area contributed by atoms with E-state index >= 15 is 0 Å². The first kappa shape index (κ1) is 15.3. The molecule has 0 bridgehead atoms. The lowest BCUT2D eigenvalue weighted by molar-refractivity contribution is 0.0940. The Morgan fingerprint density at radius 2 is 2.16 bits per heavy atom. The van der Waals surface area contributed by atoms with Crippen LogP contribution in [0.15, 0.2) is 18.2 Å². The maximum atomic E-state index is 11.9. The molecule has 0 saturated carbocycles. The van der Waals surface area contributed by atoms with Crippen LogP contribution in [-0.4, -0.2) is 29.3 Å². The fourth-order valence-electron chi connectivity index (χ4n) is 2.02. The molecule has 0 heterocycles. The summed E-state index contributed by atoms with van der Waals surface area (Å²) in [5.74, 6) is -0.278. The average Bonchev–Trinajstić information content (AvgIpc) is 2.39. The molecular formula is C14H22N2O3. The van der Waals surface area contributed by atoms with E-state index in [1.807, 2.05) is 0 Å². The largest absolute Gasteiger partial charge is 0.505 e. The number of aliphatic hydroxyl groups excluding tert-OH is 1. The van der Waals surface area contributed by atoms with E-state index in [1.165, 1.54) is 12.1 Å². The van der Waals surface area contributed by atoms with Crippen LogP contribution in [0.1, 0.15) is 36.5 Å². The van der Waals surface area contributed by atoms with Gasteiger partial charge in [0.15, 0.2) is 5.75 Å². The first-order valence-corrected chi connectivity index (χ1v) is 6.56. The van der Waals surface area contributed by atoms with Crippen molar-refractivity contribution in [3.63, 3.8) is 0 Å². The first-order chi connectivity index (χ1) is 9.10. The molecule has 1 aromatic carbocycles. The third-order valence-electron chi connectivity index (χ3n) is 3.10. The van der Waals surface area contributed by atoms with Crippen molar-refractivity contribution in [3.05, 3.63) is 23.8 Å². The molecular weight excluding hydrogens is 244 g/mol. The van der Waals surface area contributed by atoms with Gasteiger partial charge in [-0.25, -0.2) is 0 Å². The van der Waals surface area contributed by atoms with Crippen molar-refractivity contribution in [3.8, 4) is 5.75 Å². The second kappa shape index (κ2) is 7.63. The lowest BCUT2D eigenvalue weighted by Gasteiger charge is -2.16. The number of anilines is 1. The zero-order valence-corrected chi connectivity index (χ0v) is 11.2. The number of carbonyl (C=O) groups excluding carboxylic acids is 1. The number of phenols is 1. The number of benzene rings is 1. The van der Waals surface area contributed by atoms with Crippen molar-refractivity contribution in [1.29, 1.82) is 0 Å². The molecule has 106 valence electrons. The molecule has 1 aromatic rings. The van der Waals surface area contributed by atoms with E-state index in [-0.39, 0.29) is 35.4 Å². The van der Waals surface area contributed by atoms with Gasteiger partial charge in [-0.1, -0.05) is 19.4 Å². The Labute approximate surface area is 113 Å². The number of rotatable bonds is 7. The smallest absolute Gasteiger partial charge is 0.255 e. The van der Waals surface area contributed by atoms with Gasteiger partial charge in [-0.2, -0.15) is 0 Å². The highest BCUT2D eigenvalue weighted by Crippen LogP contribution is 2.24. The molecule has 19 heavy (non-hydrogen) atoms. The molecule has 0 aromatic heterocycles. The van der Waals surface area contributed by atoms with Gasteiger partial charge in [0, 0.05) is 13.2 Å². The molecule has 0 aliphatic carbocycles. The number of aliphatic hydroxyl groups is 1. The Bertz CT molecular complexity index is 415. The van der Waals surface area contributed by atoms with Crippen LogP contribution in [-0.2, 0) is 0 Å². The lowest BCUT2D eigenvalue weighted by Crippen LogP contribution is -2.29. The number of carbonyl (C=O) groups is 1. The summed E-state index contributed by atoms with van der Waals surface area (Å²) in [5, 5.41) is 21.4. The van der Waals surface area contributed by atoms with Gasteiger partial charge in [0.25, 0.3) is 5.91 Å². The highest BCUT2D eigenvalue weighted by molar-refractivity contribution is 5.98. The topological polar surface area (TPSA) is 95.6 Å². The summed E-state index contributed by atoms with van der Waals surface area (Å²) in [6.07, 6.45) is 2.62. The van der Waals surface area contributed by atoms with E-state index in [1.54, 1.807) is 6.07 Å². The van der Waals surface area contributed by atoms with Crippen molar-refractivity contribution >= 4 is 11.6 Å². The van der Waals surface area contributed by atoms with Crippen molar-refractivity contribution in [1.82, 2.24) is 5.32 Å². The van der Waals surface area contributed by atoms with Crippen molar-refractivity contribution < 1.29 is 15.0 Å². The van der Waals surface area contributed by atoms with Gasteiger partial charge in [0.1, 0.15) is 0 Å². The predicted molar refractivity (Wildman–Crippen MR) is 75.0 cm³/mol. The third kappa shape index (κ3) is 4.44. The minimum absolute atomic E-state index is 0.115. The van der Waals surface area contributed by atoms with Gasteiger partial charge in [-0.05, 0) is 30.9 Å². The Morgan fingerprint density at radius 1 is 1.42 bits per heavy atom. The van der Waals surface area contributed by atoms with E-state index in [9.17, 15) is 9.90 Å². The first-order valence-electron chi connectivity index (χ1n) is 6.56. The summed E-state index contributed by atoms with van der Waals surface area (Å²) in [4.78, 5) is 11.9. The summed E-state index contributed by atoms with van der Waals surface area (Å²) >= 11 is 0. The molecule has 1 amide bonds. The Hall–Kier alpha value is -1.75. The molecule has 1 unspecified atom stereocenters. The van der Waals surface area contributed by atoms with E-state index in [0.29, 0.717) is 13.0 Å². The minimum atomic E-state index is -0.344. The van der Waals surface area contributed by atoms with E-state index in [0.717, 1.165) is 12.8 Å². The zero-order chi connectivity index (χ0) is 14.3. The second-order valence-corrected chi connectivity index (χ2v) is 4.62. The molecule has 5 nitrogen and oxygen atoms in total. The maximum absolute atomic E-state index is 11.9. The monoisotopic (exact) mass is 266 g/mol. The van der Waals surface area contributed by atoms with Gasteiger partial charge in [-0.3, -0.25) is 4.79 Å². The third-order valence-corrected chi connectivity index (χ3v) is 3.10. The summed E-state index contributed by atoms with van der Waals surface area (Å²) < 4.78 is 0. The second-order valence-electron chi connectivity index (χ2n) is 4.62. The van der Waals surface area contributed by atoms with Crippen LogP contribution in [0.2, 0.25) is 0 Å². The number of phenolic OH excluding ortho intramolecular Hbond substituents is 1. The Kier molecular flexibility index (Phi) is 6.15. The predicted octanol–water partition coefficient (Wildman–Crippen LogP) is 1.50. The molecule has 5 N–H and O–H groups in total. The normalized spacial score (nSPS) is 12.1. The van der Waals surface area contributed by atoms with Crippen LogP contribution in [0.4, 0.5) is 5.69 Å². The molecule has 0 fully saturated rings. The van der Waals surface area contributed by atoms with E-state index < -0.39 is 0 Å². The fourth-order valence-corrected chi connectivity index (χ4v) is 2.02. The Morgan fingerprint density at radius 3 is 2.79 bits per heavy atom. The molecule has 0 radical (unpaired) electrons. The standard InChI is InChI=1S/C14H22N2O3/c1-2-4-10(7-8-17)9-16-14(19)11-5-3-6-12(15)13(11)18/h3,5-6,10,17-18H,2,4,7-9,15H2,1H3,(H,16,19). The number of amides is 1. The summed E-state index contributed by atoms with van der Waals surface area (Å²) in [6.45, 7) is 2.67. The lowest BCUT2D eigenvalue weighted by atomic mass is 10.00. The van der Waals surface area contributed by atoms with E-state index in [4.69, 9.17) is 10.8 Å². The zero-order valence-electron chi connectivity index (χ0n) is 11.2. The number of nitrogen functional groups attached to an aromatic ring is 1. The van der Waals surface area contributed by atoms with Gasteiger partial charge in [0.2, 0.25) is 0 Å². The summed E-state index contributed by atoms with van der Waals surface area (Å²) in [6, 6.07) is 4.70. The SMILES string of the molecule is CCCC(CCO)CNC(=O)c1cccc(N)c1O. The van der Waals surface area contributed by atoms with Gasteiger partial charge < -0.3 is 21.3 Å². The number of para-hydroxylation sites is 1. The number of hydrogen-bond acceptors (Lipinski definition) is 4. The number of aromatic hydroxyl groups is 1. The number of hydrogen-bond donors (Lipinski definition) is 4. The molecule has 0 saturated heterocycles. The summed E-state index contributed by atoms with van der Waals surface area (Å²) in [7, 11) is 0. The molecule has 5 heteroatoms. The molecule has 0 aliphatic rings. The van der Waals surface area contributed by atoms with Crippen LogP contribution in [0.25, 0.3) is 0 Å². The highest BCUT2D eigenvalue weighted by atomic mass is 16.3. The molecule has 0 spiro atoms. The number of nitrogens with two attached hydrogens (primary N) is 1. The van der Waals surface area contributed by atoms with Crippen LogP contribution in [0.3, 0.4) is 0 Å². The fraction of sp³-hybridized carbons (Fsp3) is 0.500. The van der Waals surface area contributed by atoms with Gasteiger partial charge in [-0.15, -0.1) is 0 Å². The van der Waals surface area contributed by atoms with Crippen LogP contribution in [0.5, 0.6) is 5.75 Å².